The van der Waals surface area contributed by atoms with Crippen molar-refractivity contribution in [1.29, 1.82) is 0 Å². The van der Waals surface area contributed by atoms with E-state index in [4.69, 9.17) is 10.5 Å². The summed E-state index contributed by atoms with van der Waals surface area (Å²) in [7, 11) is 0. The highest BCUT2D eigenvalue weighted by molar-refractivity contribution is 5.47. The second-order valence-electron chi connectivity index (χ2n) is 6.82. The van der Waals surface area contributed by atoms with Crippen LogP contribution in [0.25, 0.3) is 0 Å². The zero-order chi connectivity index (χ0) is 15.8. The number of nitrogens with zero attached hydrogens (tertiary/aromatic N) is 1. The molecule has 0 bridgehead atoms. The standard InChI is InChI=1S/C18H30N2O/c1-7-20(8-2)11-14-17(19)16-13(4)9-12(3)10-15(16)21-18(14,5)6/h9-10,14,17H,7-8,11,19H2,1-6H3. The van der Waals surface area contributed by atoms with Crippen LogP contribution in [0.4, 0.5) is 0 Å². The van der Waals surface area contributed by atoms with E-state index in [1.165, 1.54) is 16.7 Å². The molecule has 0 aliphatic carbocycles. The minimum Gasteiger partial charge on any atom is -0.487 e. The fourth-order valence-electron chi connectivity index (χ4n) is 3.54. The molecule has 0 radical (unpaired) electrons. The van der Waals surface area contributed by atoms with E-state index in [1.54, 1.807) is 0 Å². The van der Waals surface area contributed by atoms with Gasteiger partial charge in [-0.2, -0.15) is 0 Å². The van der Waals surface area contributed by atoms with Crippen molar-refractivity contribution in [3.05, 3.63) is 28.8 Å². The summed E-state index contributed by atoms with van der Waals surface area (Å²) in [6.45, 7) is 16.1. The third kappa shape index (κ3) is 3.09. The van der Waals surface area contributed by atoms with Gasteiger partial charge in [0, 0.05) is 24.1 Å². The van der Waals surface area contributed by atoms with Crippen molar-refractivity contribution in [2.75, 3.05) is 19.6 Å². The van der Waals surface area contributed by atoms with Gasteiger partial charge < -0.3 is 15.4 Å². The SMILES string of the molecule is CCN(CC)CC1C(N)c2c(C)cc(C)cc2OC1(C)C. The van der Waals surface area contributed by atoms with Crippen molar-refractivity contribution < 1.29 is 4.74 Å². The molecule has 2 N–H and O–H groups in total. The van der Waals surface area contributed by atoms with Gasteiger partial charge in [-0.15, -0.1) is 0 Å². The number of aryl methyl sites for hydroxylation is 2. The molecule has 3 nitrogen and oxygen atoms in total. The zero-order valence-electron chi connectivity index (χ0n) is 14.4. The smallest absolute Gasteiger partial charge is 0.125 e. The van der Waals surface area contributed by atoms with E-state index in [0.29, 0.717) is 5.92 Å². The maximum absolute atomic E-state index is 6.67. The molecule has 2 atom stereocenters. The molecule has 1 aromatic rings. The Morgan fingerprint density at radius 2 is 1.81 bits per heavy atom. The Hall–Kier alpha value is -1.06. The maximum Gasteiger partial charge on any atom is 0.125 e. The van der Waals surface area contributed by atoms with Gasteiger partial charge in [-0.25, -0.2) is 0 Å². The highest BCUT2D eigenvalue weighted by Gasteiger charge is 2.43. The van der Waals surface area contributed by atoms with Crippen LogP contribution in [-0.4, -0.2) is 30.1 Å². The molecule has 0 saturated heterocycles. The maximum atomic E-state index is 6.67. The highest BCUT2D eigenvalue weighted by Crippen LogP contribution is 2.44. The molecule has 21 heavy (non-hydrogen) atoms. The van der Waals surface area contributed by atoms with Crippen molar-refractivity contribution in [2.24, 2.45) is 11.7 Å². The van der Waals surface area contributed by atoms with Crippen LogP contribution in [0, 0.1) is 19.8 Å². The lowest BCUT2D eigenvalue weighted by molar-refractivity contribution is -0.00557. The van der Waals surface area contributed by atoms with E-state index in [-0.39, 0.29) is 11.6 Å². The molecular weight excluding hydrogens is 260 g/mol. The molecule has 1 heterocycles. The lowest BCUT2D eigenvalue weighted by Gasteiger charge is -2.46. The second kappa shape index (κ2) is 5.98. The number of benzene rings is 1. The average Bonchev–Trinajstić information content (AvgIpc) is 2.36. The van der Waals surface area contributed by atoms with Gasteiger partial charge in [0.25, 0.3) is 0 Å². The van der Waals surface area contributed by atoms with Crippen LogP contribution in [0.3, 0.4) is 0 Å². The molecule has 0 saturated carbocycles. The van der Waals surface area contributed by atoms with Gasteiger partial charge in [-0.1, -0.05) is 19.9 Å². The van der Waals surface area contributed by atoms with Crippen LogP contribution in [0.5, 0.6) is 5.75 Å². The van der Waals surface area contributed by atoms with Crippen LogP contribution in [0.1, 0.15) is 50.4 Å². The Kier molecular flexibility index (Phi) is 4.64. The van der Waals surface area contributed by atoms with Crippen molar-refractivity contribution in [3.63, 3.8) is 0 Å². The Balaban J connectivity index is 2.40. The van der Waals surface area contributed by atoms with E-state index in [9.17, 15) is 0 Å². The number of nitrogens with two attached hydrogens (primary N) is 1. The van der Waals surface area contributed by atoms with Crippen LogP contribution < -0.4 is 10.5 Å². The normalized spacial score (nSPS) is 23.8. The first-order valence-electron chi connectivity index (χ1n) is 8.08. The van der Waals surface area contributed by atoms with Gasteiger partial charge in [0.05, 0.1) is 0 Å². The van der Waals surface area contributed by atoms with E-state index >= 15 is 0 Å². The fourth-order valence-corrected chi connectivity index (χ4v) is 3.54. The largest absolute Gasteiger partial charge is 0.487 e. The molecule has 1 aliphatic heterocycles. The molecule has 3 heteroatoms. The summed E-state index contributed by atoms with van der Waals surface area (Å²) in [4.78, 5) is 2.43. The van der Waals surface area contributed by atoms with E-state index in [2.05, 4.69) is 58.6 Å². The molecule has 0 amide bonds. The molecular formula is C18H30N2O. The fraction of sp³-hybridized carbons (Fsp3) is 0.667. The van der Waals surface area contributed by atoms with Crippen LogP contribution in [0.15, 0.2) is 12.1 Å². The number of hydrogen-bond acceptors (Lipinski definition) is 3. The number of rotatable bonds is 4. The van der Waals surface area contributed by atoms with Crippen molar-refractivity contribution in [1.82, 2.24) is 4.90 Å². The number of fused-ring (bicyclic) bond motifs is 1. The predicted octanol–water partition coefficient (Wildman–Crippen LogP) is 3.43. The van der Waals surface area contributed by atoms with Crippen molar-refractivity contribution in [2.45, 2.75) is 53.2 Å². The molecule has 1 aliphatic rings. The molecule has 118 valence electrons. The van der Waals surface area contributed by atoms with Crippen molar-refractivity contribution in [3.8, 4) is 5.75 Å². The zero-order valence-corrected chi connectivity index (χ0v) is 14.4. The number of ether oxygens (including phenoxy) is 1. The van der Waals surface area contributed by atoms with Crippen LogP contribution in [0.2, 0.25) is 0 Å². The lowest BCUT2D eigenvalue weighted by atomic mass is 9.77. The topological polar surface area (TPSA) is 38.5 Å². The summed E-state index contributed by atoms with van der Waals surface area (Å²) in [5.74, 6) is 1.27. The van der Waals surface area contributed by atoms with Crippen molar-refractivity contribution >= 4 is 0 Å². The minimum atomic E-state index is -0.241. The summed E-state index contributed by atoms with van der Waals surface area (Å²) >= 11 is 0. The molecule has 1 aromatic carbocycles. The first kappa shape index (κ1) is 16.3. The molecule has 2 unspecified atom stereocenters. The Morgan fingerprint density at radius 1 is 1.19 bits per heavy atom. The molecule has 0 fully saturated rings. The summed E-state index contributed by atoms with van der Waals surface area (Å²) in [5, 5.41) is 0. The minimum absolute atomic E-state index is 0.0324. The third-order valence-electron chi connectivity index (χ3n) is 4.88. The lowest BCUT2D eigenvalue weighted by Crippen LogP contribution is -2.52. The van der Waals surface area contributed by atoms with Crippen LogP contribution >= 0.6 is 0 Å². The van der Waals surface area contributed by atoms with Gasteiger partial charge in [-0.05, 0) is 58.0 Å². The average molecular weight is 290 g/mol. The van der Waals surface area contributed by atoms with Gasteiger partial charge in [0.1, 0.15) is 11.4 Å². The highest BCUT2D eigenvalue weighted by atomic mass is 16.5. The quantitative estimate of drug-likeness (QED) is 0.923. The summed E-state index contributed by atoms with van der Waals surface area (Å²) < 4.78 is 6.35. The first-order valence-corrected chi connectivity index (χ1v) is 8.08. The summed E-state index contributed by atoms with van der Waals surface area (Å²) in [6.07, 6.45) is 0. The first-order chi connectivity index (χ1) is 9.80. The van der Waals surface area contributed by atoms with Gasteiger partial charge in [0.2, 0.25) is 0 Å². The summed E-state index contributed by atoms with van der Waals surface area (Å²) in [6, 6.07) is 4.36. The third-order valence-corrected chi connectivity index (χ3v) is 4.88. The molecule has 2 rings (SSSR count). The van der Waals surface area contributed by atoms with E-state index in [0.717, 1.165) is 25.4 Å². The van der Waals surface area contributed by atoms with Crippen LogP contribution in [-0.2, 0) is 0 Å². The Bertz CT molecular complexity index is 506. The van der Waals surface area contributed by atoms with Gasteiger partial charge in [-0.3, -0.25) is 0 Å². The molecule has 0 aromatic heterocycles. The van der Waals surface area contributed by atoms with E-state index < -0.39 is 0 Å². The predicted molar refractivity (Wildman–Crippen MR) is 88.8 cm³/mol. The molecule has 0 spiro atoms. The Labute approximate surface area is 129 Å². The van der Waals surface area contributed by atoms with E-state index in [1.807, 2.05) is 0 Å². The van der Waals surface area contributed by atoms with Gasteiger partial charge >= 0.3 is 0 Å². The monoisotopic (exact) mass is 290 g/mol. The van der Waals surface area contributed by atoms with Gasteiger partial charge in [0.15, 0.2) is 0 Å². The number of hydrogen-bond donors (Lipinski definition) is 1. The second-order valence-corrected chi connectivity index (χ2v) is 6.82. The Morgan fingerprint density at radius 3 is 2.38 bits per heavy atom. The summed E-state index contributed by atoms with van der Waals surface area (Å²) in [5.41, 5.74) is 10.1.